The molecule has 3 rings (SSSR count). The Morgan fingerprint density at radius 2 is 1.95 bits per heavy atom. The molecule has 1 N–H and O–H groups in total. The van der Waals surface area contributed by atoms with Crippen LogP contribution in [0.15, 0.2) is 48.5 Å². The number of ether oxygens (including phenoxy) is 1. The monoisotopic (exact) mass is 296 g/mol. The standard InChI is InChI=1S/C17H16N2O3/c1-19(10-12-6-3-2-4-7-12)17(21)13-8-5-9-14-16(13)18-15(20)11-22-14/h2-9H,10-11H2,1H3,(H,18,20). The molecule has 5 nitrogen and oxygen atoms in total. The largest absolute Gasteiger partial charge is 0.482 e. The molecule has 0 saturated carbocycles. The third kappa shape index (κ3) is 2.79. The number of rotatable bonds is 3. The molecule has 1 aliphatic heterocycles. The number of anilines is 1. The predicted octanol–water partition coefficient (Wildman–Crippen LogP) is 2.29. The second-order valence-electron chi connectivity index (χ2n) is 5.16. The van der Waals surface area contributed by atoms with Crippen LogP contribution >= 0.6 is 0 Å². The molecule has 0 fully saturated rings. The number of benzene rings is 2. The van der Waals surface area contributed by atoms with E-state index in [1.807, 2.05) is 30.3 Å². The van der Waals surface area contributed by atoms with E-state index in [9.17, 15) is 9.59 Å². The van der Waals surface area contributed by atoms with Crippen molar-refractivity contribution in [3.05, 3.63) is 59.7 Å². The normalized spacial score (nSPS) is 12.9. The molecule has 2 aromatic carbocycles. The van der Waals surface area contributed by atoms with E-state index in [4.69, 9.17) is 4.74 Å². The summed E-state index contributed by atoms with van der Waals surface area (Å²) in [4.78, 5) is 25.8. The Morgan fingerprint density at radius 3 is 2.73 bits per heavy atom. The summed E-state index contributed by atoms with van der Waals surface area (Å²) in [7, 11) is 1.74. The van der Waals surface area contributed by atoms with Crippen LogP contribution in [0.1, 0.15) is 15.9 Å². The highest BCUT2D eigenvalue weighted by Crippen LogP contribution is 2.31. The summed E-state index contributed by atoms with van der Waals surface area (Å²) in [6.45, 7) is 0.475. The van der Waals surface area contributed by atoms with Crippen molar-refractivity contribution in [2.45, 2.75) is 6.54 Å². The molecule has 2 aromatic rings. The van der Waals surface area contributed by atoms with E-state index in [1.165, 1.54) is 0 Å². The summed E-state index contributed by atoms with van der Waals surface area (Å²) in [5, 5.41) is 2.72. The van der Waals surface area contributed by atoms with Gasteiger partial charge in [0.15, 0.2) is 6.61 Å². The third-order valence-corrected chi connectivity index (χ3v) is 3.49. The Bertz CT molecular complexity index is 713. The molecule has 0 aromatic heterocycles. The lowest BCUT2D eigenvalue weighted by atomic mass is 10.1. The Balaban J connectivity index is 1.85. The number of para-hydroxylation sites is 1. The maximum atomic E-state index is 12.6. The quantitative estimate of drug-likeness (QED) is 0.945. The second kappa shape index (κ2) is 5.89. The van der Waals surface area contributed by atoms with Crippen molar-refractivity contribution < 1.29 is 14.3 Å². The van der Waals surface area contributed by atoms with Crippen LogP contribution in [0.2, 0.25) is 0 Å². The molecule has 22 heavy (non-hydrogen) atoms. The third-order valence-electron chi connectivity index (χ3n) is 3.49. The number of hydrogen-bond donors (Lipinski definition) is 1. The summed E-state index contributed by atoms with van der Waals surface area (Å²) < 4.78 is 5.34. The molecule has 2 amide bonds. The van der Waals surface area contributed by atoms with Gasteiger partial charge in [0.1, 0.15) is 5.75 Å². The number of nitrogens with zero attached hydrogens (tertiary/aromatic N) is 1. The molecule has 1 aliphatic rings. The minimum atomic E-state index is -0.251. The van der Waals surface area contributed by atoms with Gasteiger partial charge in [-0.1, -0.05) is 36.4 Å². The first-order valence-electron chi connectivity index (χ1n) is 7.00. The van der Waals surface area contributed by atoms with Crippen molar-refractivity contribution in [3.8, 4) is 5.75 Å². The fourth-order valence-corrected chi connectivity index (χ4v) is 2.41. The van der Waals surface area contributed by atoms with Crippen molar-refractivity contribution in [2.24, 2.45) is 0 Å². The van der Waals surface area contributed by atoms with E-state index in [1.54, 1.807) is 30.1 Å². The zero-order valence-corrected chi connectivity index (χ0v) is 12.2. The Labute approximate surface area is 128 Å². The fraction of sp³-hybridized carbons (Fsp3) is 0.176. The molecule has 0 bridgehead atoms. The average molecular weight is 296 g/mol. The van der Waals surface area contributed by atoms with Gasteiger partial charge in [-0.05, 0) is 17.7 Å². The topological polar surface area (TPSA) is 58.6 Å². The predicted molar refractivity (Wildman–Crippen MR) is 82.8 cm³/mol. The van der Waals surface area contributed by atoms with Gasteiger partial charge in [-0.15, -0.1) is 0 Å². The summed E-state index contributed by atoms with van der Waals surface area (Å²) >= 11 is 0. The minimum Gasteiger partial charge on any atom is -0.482 e. The van der Waals surface area contributed by atoms with Crippen molar-refractivity contribution >= 4 is 17.5 Å². The summed E-state index contributed by atoms with van der Waals surface area (Å²) in [6.07, 6.45) is 0. The highest BCUT2D eigenvalue weighted by molar-refractivity contribution is 6.06. The zero-order valence-electron chi connectivity index (χ0n) is 12.2. The van der Waals surface area contributed by atoms with Crippen molar-refractivity contribution in [1.82, 2.24) is 4.90 Å². The lowest BCUT2D eigenvalue weighted by Gasteiger charge is -2.23. The van der Waals surface area contributed by atoms with E-state index in [0.29, 0.717) is 23.5 Å². The molecule has 1 heterocycles. The summed E-state index contributed by atoms with van der Waals surface area (Å²) in [5.74, 6) is 0.114. The highest BCUT2D eigenvalue weighted by Gasteiger charge is 2.24. The summed E-state index contributed by atoms with van der Waals surface area (Å²) in [6, 6.07) is 14.9. The maximum Gasteiger partial charge on any atom is 0.262 e. The van der Waals surface area contributed by atoms with Gasteiger partial charge in [-0.3, -0.25) is 9.59 Å². The van der Waals surface area contributed by atoms with Crippen LogP contribution in [0, 0.1) is 0 Å². The van der Waals surface area contributed by atoms with Crippen LogP contribution in [0.3, 0.4) is 0 Å². The van der Waals surface area contributed by atoms with E-state index in [0.717, 1.165) is 5.56 Å². The van der Waals surface area contributed by atoms with E-state index in [2.05, 4.69) is 5.32 Å². The molecular weight excluding hydrogens is 280 g/mol. The van der Waals surface area contributed by atoms with Gasteiger partial charge < -0.3 is 15.0 Å². The van der Waals surface area contributed by atoms with Gasteiger partial charge >= 0.3 is 0 Å². The molecule has 112 valence electrons. The highest BCUT2D eigenvalue weighted by atomic mass is 16.5. The lowest BCUT2D eigenvalue weighted by molar-refractivity contribution is -0.118. The van der Waals surface area contributed by atoms with Crippen LogP contribution in [0.25, 0.3) is 0 Å². The van der Waals surface area contributed by atoms with Gasteiger partial charge in [0.25, 0.3) is 11.8 Å². The number of hydrogen-bond acceptors (Lipinski definition) is 3. The van der Waals surface area contributed by atoms with Crippen molar-refractivity contribution in [2.75, 3.05) is 19.0 Å². The number of carbonyl (C=O) groups excluding carboxylic acids is 2. The summed E-state index contributed by atoms with van der Waals surface area (Å²) in [5.41, 5.74) is 1.93. The molecule has 5 heteroatoms. The molecule has 0 radical (unpaired) electrons. The molecule has 0 aliphatic carbocycles. The number of carbonyl (C=O) groups is 2. The van der Waals surface area contributed by atoms with Crippen LogP contribution in [-0.4, -0.2) is 30.4 Å². The first-order valence-corrected chi connectivity index (χ1v) is 7.00. The molecule has 0 spiro atoms. The van der Waals surface area contributed by atoms with Crippen LogP contribution in [0.5, 0.6) is 5.75 Å². The molecule has 0 atom stereocenters. The number of nitrogens with one attached hydrogen (secondary N) is 1. The number of amides is 2. The smallest absolute Gasteiger partial charge is 0.262 e. The Hall–Kier alpha value is -2.82. The maximum absolute atomic E-state index is 12.6. The molecular formula is C17H16N2O3. The van der Waals surface area contributed by atoms with Crippen molar-refractivity contribution in [1.29, 1.82) is 0 Å². The van der Waals surface area contributed by atoms with E-state index in [-0.39, 0.29) is 18.4 Å². The Kier molecular flexibility index (Phi) is 3.78. The SMILES string of the molecule is CN(Cc1ccccc1)C(=O)c1cccc2c1NC(=O)CO2. The lowest BCUT2D eigenvalue weighted by Crippen LogP contribution is -2.30. The minimum absolute atomic E-state index is 0.0233. The second-order valence-corrected chi connectivity index (χ2v) is 5.16. The van der Waals surface area contributed by atoms with Gasteiger partial charge in [0.2, 0.25) is 0 Å². The van der Waals surface area contributed by atoms with Gasteiger partial charge in [0.05, 0.1) is 11.3 Å². The first-order chi connectivity index (χ1) is 10.6. The van der Waals surface area contributed by atoms with Crippen molar-refractivity contribution in [3.63, 3.8) is 0 Å². The van der Waals surface area contributed by atoms with Gasteiger partial charge in [0, 0.05) is 13.6 Å². The van der Waals surface area contributed by atoms with Crippen LogP contribution < -0.4 is 10.1 Å². The fourth-order valence-electron chi connectivity index (χ4n) is 2.41. The van der Waals surface area contributed by atoms with E-state index < -0.39 is 0 Å². The van der Waals surface area contributed by atoms with Crippen LogP contribution in [0.4, 0.5) is 5.69 Å². The molecule has 0 saturated heterocycles. The van der Waals surface area contributed by atoms with Gasteiger partial charge in [-0.2, -0.15) is 0 Å². The van der Waals surface area contributed by atoms with E-state index >= 15 is 0 Å². The Morgan fingerprint density at radius 1 is 1.18 bits per heavy atom. The molecule has 0 unspecified atom stereocenters. The first kappa shape index (κ1) is 14.1. The van der Waals surface area contributed by atoms with Gasteiger partial charge in [-0.25, -0.2) is 0 Å². The average Bonchev–Trinajstić information content (AvgIpc) is 2.54. The van der Waals surface area contributed by atoms with Crippen LogP contribution in [-0.2, 0) is 11.3 Å². The number of fused-ring (bicyclic) bond motifs is 1. The zero-order chi connectivity index (χ0) is 15.5.